The van der Waals surface area contributed by atoms with Crippen molar-refractivity contribution >= 4 is 44.1 Å². The number of thiocarbonyl (C=S) groups is 1. The van der Waals surface area contributed by atoms with Crippen molar-refractivity contribution in [1.29, 1.82) is 0 Å². The van der Waals surface area contributed by atoms with Crippen LogP contribution in [-0.2, 0) is 16.4 Å². The fraction of sp³-hybridized carbons (Fsp3) is 0.296. The van der Waals surface area contributed by atoms with Crippen LogP contribution in [0.15, 0.2) is 59.6 Å². The van der Waals surface area contributed by atoms with Crippen LogP contribution in [0.4, 0.5) is 10.1 Å². The van der Waals surface area contributed by atoms with Crippen molar-refractivity contribution in [3.05, 3.63) is 71.9 Å². The third kappa shape index (κ3) is 5.97. The van der Waals surface area contributed by atoms with Crippen LogP contribution in [0, 0.1) is 12.7 Å². The second kappa shape index (κ2) is 10.5. The average molecular weight is 538 g/mol. The van der Waals surface area contributed by atoms with Gasteiger partial charge in [-0.25, -0.2) is 22.8 Å². The SMILES string of the molecule is Cc1ccc(NS(=O)(=O)c2ccc(-c3cnc4nc(CCC5CCCCC(=S)N5)[nH]c4c3)cc2)c(F)c1. The summed E-state index contributed by atoms with van der Waals surface area (Å²) in [5.74, 6) is 0.264. The van der Waals surface area contributed by atoms with Gasteiger partial charge >= 0.3 is 0 Å². The summed E-state index contributed by atoms with van der Waals surface area (Å²) >= 11 is 5.38. The lowest BCUT2D eigenvalue weighted by molar-refractivity contribution is 0.513. The predicted molar refractivity (Wildman–Crippen MR) is 148 cm³/mol. The number of benzene rings is 2. The van der Waals surface area contributed by atoms with Crippen molar-refractivity contribution in [3.63, 3.8) is 0 Å². The minimum Gasteiger partial charge on any atom is -0.377 e. The second-order valence-corrected chi connectivity index (χ2v) is 11.6. The Bertz CT molecular complexity index is 1550. The van der Waals surface area contributed by atoms with Crippen molar-refractivity contribution in [2.24, 2.45) is 0 Å². The molecule has 1 fully saturated rings. The second-order valence-electron chi connectivity index (χ2n) is 9.44. The Morgan fingerprint density at radius 1 is 1.11 bits per heavy atom. The maximum Gasteiger partial charge on any atom is 0.261 e. The lowest BCUT2D eigenvalue weighted by Crippen LogP contribution is -2.32. The van der Waals surface area contributed by atoms with Crippen LogP contribution in [0.25, 0.3) is 22.3 Å². The highest BCUT2D eigenvalue weighted by Gasteiger charge is 2.18. The highest BCUT2D eigenvalue weighted by atomic mass is 32.2. The predicted octanol–water partition coefficient (Wildman–Crippen LogP) is 5.67. The van der Waals surface area contributed by atoms with Gasteiger partial charge in [0.15, 0.2) is 5.65 Å². The molecule has 0 aliphatic carbocycles. The zero-order valence-corrected chi connectivity index (χ0v) is 22.1. The van der Waals surface area contributed by atoms with E-state index in [2.05, 4.69) is 25.0 Å². The molecule has 37 heavy (non-hydrogen) atoms. The Morgan fingerprint density at radius 2 is 1.92 bits per heavy atom. The van der Waals surface area contributed by atoms with E-state index < -0.39 is 15.8 Å². The van der Waals surface area contributed by atoms with E-state index in [-0.39, 0.29) is 10.6 Å². The molecule has 4 aromatic rings. The first-order valence-corrected chi connectivity index (χ1v) is 14.2. The topological polar surface area (TPSA) is 99.8 Å². The van der Waals surface area contributed by atoms with E-state index in [1.807, 2.05) is 6.07 Å². The van der Waals surface area contributed by atoms with E-state index in [0.29, 0.717) is 17.3 Å². The summed E-state index contributed by atoms with van der Waals surface area (Å²) in [7, 11) is -3.94. The lowest BCUT2D eigenvalue weighted by atomic mass is 10.1. The van der Waals surface area contributed by atoms with Gasteiger partial charge in [0.05, 0.1) is 21.1 Å². The largest absolute Gasteiger partial charge is 0.377 e. The molecular formula is C27H28FN5O2S2. The molecule has 0 bridgehead atoms. The van der Waals surface area contributed by atoms with Crippen LogP contribution < -0.4 is 10.0 Å². The summed E-state index contributed by atoms with van der Waals surface area (Å²) in [4.78, 5) is 13.5. The number of imidazole rings is 1. The Hall–Kier alpha value is -3.37. The molecule has 1 atom stereocenters. The Balaban J connectivity index is 1.29. The molecule has 192 valence electrons. The fourth-order valence-corrected chi connectivity index (χ4v) is 5.91. The molecule has 1 unspecified atom stereocenters. The Kier molecular flexibility index (Phi) is 7.21. The zero-order chi connectivity index (χ0) is 26.0. The van der Waals surface area contributed by atoms with E-state index in [1.54, 1.807) is 31.3 Å². The highest BCUT2D eigenvalue weighted by molar-refractivity contribution is 7.92. The molecule has 0 amide bonds. The monoisotopic (exact) mass is 537 g/mol. The standard InChI is InChI=1S/C27H28FN5O2S2/c1-17-6-12-23(22(28)14-17)33-37(34,35)21-10-7-18(8-11-21)19-15-24-27(29-16-19)32-25(31-24)13-9-20-4-2-3-5-26(36)30-20/h6-8,10-12,14-16,20,33H,2-5,9,13H2,1H3,(H,30,36)(H,29,31,32). The zero-order valence-electron chi connectivity index (χ0n) is 20.4. The molecule has 1 saturated heterocycles. The van der Waals surface area contributed by atoms with Crippen molar-refractivity contribution in [2.45, 2.75) is 56.4 Å². The third-order valence-electron chi connectivity index (χ3n) is 6.55. The minimum absolute atomic E-state index is 0.0423. The summed E-state index contributed by atoms with van der Waals surface area (Å²) in [6.07, 6.45) is 7.89. The average Bonchev–Trinajstić information content (AvgIpc) is 3.17. The van der Waals surface area contributed by atoms with Crippen molar-refractivity contribution < 1.29 is 12.8 Å². The van der Waals surface area contributed by atoms with Gasteiger partial charge in [-0.3, -0.25) is 4.72 Å². The number of halogens is 1. The van der Waals surface area contributed by atoms with Crippen LogP contribution in [-0.4, -0.2) is 34.4 Å². The van der Waals surface area contributed by atoms with Gasteiger partial charge in [-0.2, -0.15) is 0 Å². The molecule has 3 heterocycles. The quantitative estimate of drug-likeness (QED) is 0.263. The smallest absolute Gasteiger partial charge is 0.261 e. The number of sulfonamides is 1. The molecule has 0 spiro atoms. The van der Waals surface area contributed by atoms with Gasteiger partial charge in [-0.15, -0.1) is 0 Å². The molecule has 3 N–H and O–H groups in total. The molecule has 10 heteroatoms. The molecule has 2 aromatic heterocycles. The molecule has 2 aromatic carbocycles. The summed E-state index contributed by atoms with van der Waals surface area (Å²) in [5.41, 5.74) is 3.73. The number of H-pyrrole nitrogens is 1. The lowest BCUT2D eigenvalue weighted by Gasteiger charge is -2.16. The molecular weight excluding hydrogens is 509 g/mol. The number of pyridine rings is 1. The van der Waals surface area contributed by atoms with Crippen LogP contribution in [0.1, 0.15) is 43.5 Å². The molecule has 1 aliphatic heterocycles. The number of anilines is 1. The Labute approximate surface area is 221 Å². The summed E-state index contributed by atoms with van der Waals surface area (Å²) in [5, 5.41) is 3.46. The number of hydrogen-bond acceptors (Lipinski definition) is 5. The third-order valence-corrected chi connectivity index (χ3v) is 8.26. The number of aromatic nitrogens is 3. The van der Waals surface area contributed by atoms with E-state index in [4.69, 9.17) is 12.2 Å². The maximum absolute atomic E-state index is 14.1. The number of rotatable bonds is 7. The van der Waals surface area contributed by atoms with Gasteiger partial charge in [0.2, 0.25) is 0 Å². The first kappa shape index (κ1) is 25.3. The van der Waals surface area contributed by atoms with Gasteiger partial charge < -0.3 is 10.3 Å². The first-order chi connectivity index (χ1) is 17.8. The van der Waals surface area contributed by atoms with Gasteiger partial charge in [0.1, 0.15) is 11.6 Å². The van der Waals surface area contributed by atoms with E-state index in [9.17, 15) is 12.8 Å². The van der Waals surface area contributed by atoms with Crippen LogP contribution in [0.3, 0.4) is 0 Å². The van der Waals surface area contributed by atoms with Crippen molar-refractivity contribution in [2.75, 3.05) is 4.72 Å². The number of aryl methyl sites for hydroxylation is 2. The molecule has 5 rings (SSSR count). The van der Waals surface area contributed by atoms with Gasteiger partial charge in [0.25, 0.3) is 10.0 Å². The summed E-state index contributed by atoms with van der Waals surface area (Å²) in [6, 6.07) is 13.1. The Morgan fingerprint density at radius 3 is 2.70 bits per heavy atom. The van der Waals surface area contributed by atoms with Crippen LogP contribution >= 0.6 is 12.2 Å². The summed E-state index contributed by atoms with van der Waals surface area (Å²) in [6.45, 7) is 1.74. The van der Waals surface area contributed by atoms with Crippen molar-refractivity contribution in [3.8, 4) is 11.1 Å². The van der Waals surface area contributed by atoms with Gasteiger partial charge in [-0.1, -0.05) is 36.8 Å². The minimum atomic E-state index is -3.94. The maximum atomic E-state index is 14.1. The summed E-state index contributed by atoms with van der Waals surface area (Å²) < 4.78 is 42.0. The molecule has 0 saturated carbocycles. The number of aromatic amines is 1. The molecule has 1 aliphatic rings. The van der Waals surface area contributed by atoms with E-state index in [0.717, 1.165) is 59.6 Å². The van der Waals surface area contributed by atoms with Crippen LogP contribution in [0.2, 0.25) is 0 Å². The fourth-order valence-electron chi connectivity index (χ4n) is 4.54. The van der Waals surface area contributed by atoms with Gasteiger partial charge in [-0.05, 0) is 74.1 Å². The van der Waals surface area contributed by atoms with Crippen LogP contribution in [0.5, 0.6) is 0 Å². The molecule has 0 radical (unpaired) electrons. The number of hydrogen-bond donors (Lipinski definition) is 3. The van der Waals surface area contributed by atoms with E-state index >= 15 is 0 Å². The van der Waals surface area contributed by atoms with E-state index in [1.165, 1.54) is 30.7 Å². The normalized spacial score (nSPS) is 16.4. The first-order valence-electron chi connectivity index (χ1n) is 12.3. The number of fused-ring (bicyclic) bond motifs is 1. The highest BCUT2D eigenvalue weighted by Crippen LogP contribution is 2.26. The number of nitrogens with zero attached hydrogens (tertiary/aromatic N) is 2. The molecule has 7 nitrogen and oxygen atoms in total. The van der Waals surface area contributed by atoms with Crippen molar-refractivity contribution in [1.82, 2.24) is 20.3 Å². The van der Waals surface area contributed by atoms with Gasteiger partial charge in [0, 0.05) is 24.2 Å². The number of nitrogens with one attached hydrogen (secondary N) is 3.